The van der Waals surface area contributed by atoms with Crippen LogP contribution in [0.25, 0.3) is 0 Å². The number of ether oxygens (including phenoxy) is 1. The van der Waals surface area contributed by atoms with E-state index in [2.05, 4.69) is 0 Å². The first-order valence-electron chi connectivity index (χ1n) is 11.3. The highest BCUT2D eigenvalue weighted by atomic mass is 16.5. The zero-order valence-corrected chi connectivity index (χ0v) is 18.4. The van der Waals surface area contributed by atoms with E-state index < -0.39 is 35.0 Å². The summed E-state index contributed by atoms with van der Waals surface area (Å²) in [4.78, 5) is 54.8. The number of hydrogen-bond donors (Lipinski definition) is 0. The molecule has 3 aromatic carbocycles. The number of nitrogens with zero attached hydrogens (tertiary/aromatic N) is 1. The summed E-state index contributed by atoms with van der Waals surface area (Å²) in [6.07, 6.45) is 0.837. The van der Waals surface area contributed by atoms with Crippen molar-refractivity contribution in [3.8, 4) is 0 Å². The van der Waals surface area contributed by atoms with Crippen LogP contribution in [0.15, 0.2) is 72.8 Å². The highest BCUT2D eigenvalue weighted by molar-refractivity contribution is 6.26. The van der Waals surface area contributed by atoms with Crippen molar-refractivity contribution < 1.29 is 23.9 Å². The van der Waals surface area contributed by atoms with E-state index in [1.165, 1.54) is 0 Å². The van der Waals surface area contributed by atoms with Crippen LogP contribution in [-0.2, 0) is 24.5 Å². The van der Waals surface area contributed by atoms with Gasteiger partial charge < -0.3 is 9.53 Å². The number of carbonyl (C=O) groups is 4. The third-order valence-electron chi connectivity index (χ3n) is 7.51. The van der Waals surface area contributed by atoms with Gasteiger partial charge in [-0.15, -0.1) is 0 Å². The van der Waals surface area contributed by atoms with Crippen LogP contribution in [0.3, 0.4) is 0 Å². The molecular weight excluding hydrogens is 430 g/mol. The predicted molar refractivity (Wildman–Crippen MR) is 123 cm³/mol. The fourth-order valence-electron chi connectivity index (χ4n) is 6.32. The summed E-state index contributed by atoms with van der Waals surface area (Å²) >= 11 is 0. The van der Waals surface area contributed by atoms with E-state index in [0.717, 1.165) is 33.4 Å². The molecule has 1 aliphatic heterocycles. The Bertz CT molecular complexity index is 1350. The lowest BCUT2D eigenvalue weighted by molar-refractivity contribution is -0.128. The smallest absolute Gasteiger partial charge is 0.340 e. The largest absolute Gasteiger partial charge is 0.462 e. The topological polar surface area (TPSA) is 80.8 Å². The fraction of sp³-hybridized carbons (Fsp3) is 0.214. The lowest BCUT2D eigenvalue weighted by Gasteiger charge is -2.51. The average Bonchev–Trinajstić information content (AvgIpc) is 3.14. The molecule has 0 unspecified atom stereocenters. The number of rotatable bonds is 4. The molecule has 2 bridgehead atoms. The number of hydrogen-bond acceptors (Lipinski definition) is 5. The number of esters is 1. The maximum atomic E-state index is 14.1. The van der Waals surface area contributed by atoms with Crippen LogP contribution in [0.4, 0.5) is 5.69 Å². The van der Waals surface area contributed by atoms with E-state index >= 15 is 0 Å². The third kappa shape index (κ3) is 2.35. The predicted octanol–water partition coefficient (Wildman–Crippen LogP) is 3.61. The molecule has 1 fully saturated rings. The van der Waals surface area contributed by atoms with Gasteiger partial charge in [-0.25, -0.2) is 9.69 Å². The first-order valence-corrected chi connectivity index (χ1v) is 11.3. The van der Waals surface area contributed by atoms with E-state index in [-0.39, 0.29) is 23.8 Å². The monoisotopic (exact) mass is 451 g/mol. The zero-order chi connectivity index (χ0) is 23.6. The average molecular weight is 451 g/mol. The van der Waals surface area contributed by atoms with Gasteiger partial charge in [-0.2, -0.15) is 0 Å². The number of aldehydes is 1. The molecule has 0 radical (unpaired) electrons. The van der Waals surface area contributed by atoms with Gasteiger partial charge in [0.25, 0.3) is 0 Å². The Kier molecular flexibility index (Phi) is 4.36. The molecule has 6 heteroatoms. The summed E-state index contributed by atoms with van der Waals surface area (Å²) in [5.74, 6) is -3.44. The Morgan fingerprint density at radius 1 is 0.912 bits per heavy atom. The van der Waals surface area contributed by atoms with Crippen molar-refractivity contribution in [2.45, 2.75) is 18.3 Å². The van der Waals surface area contributed by atoms with Crippen molar-refractivity contribution in [2.24, 2.45) is 11.8 Å². The van der Waals surface area contributed by atoms with E-state index in [1.807, 2.05) is 48.5 Å². The Morgan fingerprint density at radius 3 is 2.12 bits per heavy atom. The summed E-state index contributed by atoms with van der Waals surface area (Å²) < 4.78 is 5.17. The van der Waals surface area contributed by atoms with Gasteiger partial charge in [0.05, 0.1) is 35.1 Å². The summed E-state index contributed by atoms with van der Waals surface area (Å²) in [5.41, 5.74) is 2.42. The van der Waals surface area contributed by atoms with E-state index in [1.54, 1.807) is 31.2 Å². The van der Waals surface area contributed by atoms with Crippen molar-refractivity contribution >= 4 is 29.8 Å². The minimum absolute atomic E-state index is 0.146. The second-order valence-corrected chi connectivity index (χ2v) is 8.89. The van der Waals surface area contributed by atoms with Crippen molar-refractivity contribution in [1.29, 1.82) is 0 Å². The van der Waals surface area contributed by atoms with E-state index in [4.69, 9.17) is 4.74 Å². The van der Waals surface area contributed by atoms with Gasteiger partial charge in [0.15, 0.2) is 0 Å². The molecule has 7 rings (SSSR count). The third-order valence-corrected chi connectivity index (χ3v) is 7.51. The molecule has 0 aromatic heterocycles. The van der Waals surface area contributed by atoms with Crippen LogP contribution in [-0.4, -0.2) is 30.7 Å². The van der Waals surface area contributed by atoms with Gasteiger partial charge in [-0.1, -0.05) is 60.7 Å². The van der Waals surface area contributed by atoms with Gasteiger partial charge in [0.1, 0.15) is 6.29 Å². The number of anilines is 1. The molecular formula is C28H21NO5. The number of carbonyl (C=O) groups excluding carboxylic acids is 4. The molecule has 1 saturated heterocycles. The normalized spacial score (nSPS) is 26.0. The SMILES string of the molecule is CCOC(=O)c1ccccc1N1C(=O)[C@@H]2C3c4ccccc4C(C=O)(c4ccccc43)[C@H]2C1=O. The quantitative estimate of drug-likeness (QED) is 0.344. The van der Waals surface area contributed by atoms with Crippen LogP contribution in [0.1, 0.15) is 45.5 Å². The molecule has 2 amide bonds. The summed E-state index contributed by atoms with van der Waals surface area (Å²) in [7, 11) is 0. The van der Waals surface area contributed by atoms with E-state index in [0.29, 0.717) is 0 Å². The standard InChI is InChI=1S/C28H21NO5/c1-2-34-27(33)18-11-5-8-14-21(18)29-25(31)23-22-16-9-3-6-12-19(16)28(15-30,24(23)26(29)32)20-13-7-4-10-17(20)22/h3-15,22-24H,2H2,1H3/t22?,23-,24-,28?/m1/s1. The zero-order valence-electron chi connectivity index (χ0n) is 18.4. The molecule has 4 aliphatic rings. The number of imide groups is 1. The number of para-hydroxylation sites is 1. The van der Waals surface area contributed by atoms with Gasteiger partial charge in [-0.05, 0) is 41.3 Å². The molecule has 3 aromatic rings. The maximum absolute atomic E-state index is 14.1. The number of benzene rings is 3. The van der Waals surface area contributed by atoms with Gasteiger partial charge >= 0.3 is 5.97 Å². The molecule has 0 N–H and O–H groups in total. The molecule has 3 aliphatic carbocycles. The van der Waals surface area contributed by atoms with Gasteiger partial charge in [0.2, 0.25) is 11.8 Å². The van der Waals surface area contributed by atoms with Gasteiger partial charge in [0, 0.05) is 5.92 Å². The molecule has 0 spiro atoms. The Labute approximate surface area is 196 Å². The van der Waals surface area contributed by atoms with Crippen LogP contribution in [0.5, 0.6) is 0 Å². The highest BCUT2D eigenvalue weighted by Gasteiger charge is 2.68. The van der Waals surface area contributed by atoms with Crippen molar-refractivity contribution in [3.63, 3.8) is 0 Å². The van der Waals surface area contributed by atoms with Gasteiger partial charge in [-0.3, -0.25) is 9.59 Å². The Morgan fingerprint density at radius 2 is 1.50 bits per heavy atom. The lowest BCUT2D eigenvalue weighted by Crippen LogP contribution is -2.54. The summed E-state index contributed by atoms with van der Waals surface area (Å²) in [6, 6.07) is 21.6. The van der Waals surface area contributed by atoms with Crippen LogP contribution < -0.4 is 4.90 Å². The maximum Gasteiger partial charge on any atom is 0.340 e. The minimum atomic E-state index is -1.27. The second kappa shape index (κ2) is 7.22. The Hall–Kier alpha value is -4.06. The molecule has 34 heavy (non-hydrogen) atoms. The summed E-state index contributed by atoms with van der Waals surface area (Å²) in [5, 5.41) is 0. The number of amides is 2. The molecule has 1 heterocycles. The molecule has 168 valence electrons. The fourth-order valence-corrected chi connectivity index (χ4v) is 6.32. The Balaban J connectivity index is 1.59. The lowest BCUT2D eigenvalue weighted by atomic mass is 9.48. The minimum Gasteiger partial charge on any atom is -0.462 e. The van der Waals surface area contributed by atoms with Crippen LogP contribution in [0, 0.1) is 11.8 Å². The highest BCUT2D eigenvalue weighted by Crippen LogP contribution is 2.63. The van der Waals surface area contributed by atoms with Crippen molar-refractivity contribution in [1.82, 2.24) is 0 Å². The summed E-state index contributed by atoms with van der Waals surface area (Å²) in [6.45, 7) is 1.86. The van der Waals surface area contributed by atoms with Crippen molar-refractivity contribution in [2.75, 3.05) is 11.5 Å². The first-order chi connectivity index (χ1) is 16.6. The van der Waals surface area contributed by atoms with E-state index in [9.17, 15) is 19.2 Å². The van der Waals surface area contributed by atoms with Crippen molar-refractivity contribution in [3.05, 3.63) is 101 Å². The first kappa shape index (κ1) is 20.5. The molecule has 2 atom stereocenters. The van der Waals surface area contributed by atoms with Crippen LogP contribution >= 0.6 is 0 Å². The molecule has 0 saturated carbocycles. The molecule has 6 nitrogen and oxygen atoms in total. The van der Waals surface area contributed by atoms with Crippen LogP contribution in [0.2, 0.25) is 0 Å². The second-order valence-electron chi connectivity index (χ2n) is 8.89.